The number of ether oxygens (including phenoxy) is 2. The lowest BCUT2D eigenvalue weighted by Crippen LogP contribution is -2.42. The predicted molar refractivity (Wildman–Crippen MR) is 126 cm³/mol. The van der Waals surface area contributed by atoms with E-state index in [-0.39, 0.29) is 23.8 Å². The van der Waals surface area contributed by atoms with E-state index in [1.54, 1.807) is 13.8 Å². The van der Waals surface area contributed by atoms with Gasteiger partial charge in [-0.1, -0.05) is 70.4 Å². The van der Waals surface area contributed by atoms with Gasteiger partial charge in [0.1, 0.15) is 11.8 Å². The van der Waals surface area contributed by atoms with Crippen LogP contribution in [0.3, 0.4) is 0 Å². The van der Waals surface area contributed by atoms with Gasteiger partial charge >= 0.3 is 11.9 Å². The molecule has 0 amide bonds. The first kappa shape index (κ1) is 27.8. The normalized spacial score (nSPS) is 13.3. The van der Waals surface area contributed by atoms with Crippen LogP contribution in [0, 0.1) is 5.41 Å². The van der Waals surface area contributed by atoms with E-state index in [2.05, 4.69) is 5.32 Å². The number of hydrogen-bond acceptors (Lipinski definition) is 6. The van der Waals surface area contributed by atoms with E-state index in [0.29, 0.717) is 32.5 Å². The van der Waals surface area contributed by atoms with Gasteiger partial charge in [-0.3, -0.25) is 19.7 Å². The minimum atomic E-state index is -0.488. The lowest BCUT2D eigenvalue weighted by molar-refractivity contribution is -0.146. The van der Waals surface area contributed by atoms with Crippen LogP contribution in [0.4, 0.5) is 0 Å². The van der Waals surface area contributed by atoms with Crippen molar-refractivity contribution in [3.8, 4) is 0 Å². The number of carbonyl (C=O) groups is 3. The molecule has 0 heterocycles. The van der Waals surface area contributed by atoms with Gasteiger partial charge in [-0.15, -0.1) is 0 Å². The van der Waals surface area contributed by atoms with Crippen molar-refractivity contribution in [2.75, 3.05) is 13.2 Å². The Hall–Kier alpha value is -2.21. The third kappa shape index (κ3) is 10.9. The Bertz CT molecular complexity index is 696. The van der Waals surface area contributed by atoms with Gasteiger partial charge in [0.2, 0.25) is 0 Å². The molecule has 6 heteroatoms. The number of hydrogen-bond donors (Lipinski definition) is 1. The van der Waals surface area contributed by atoms with Crippen molar-refractivity contribution >= 4 is 17.7 Å². The highest BCUT2D eigenvalue weighted by atomic mass is 16.5. The molecule has 2 unspecified atom stereocenters. The van der Waals surface area contributed by atoms with Gasteiger partial charge in [0.15, 0.2) is 0 Å². The van der Waals surface area contributed by atoms with Gasteiger partial charge < -0.3 is 9.47 Å². The highest BCUT2D eigenvalue weighted by Gasteiger charge is 2.29. The quantitative estimate of drug-likeness (QED) is 0.295. The standard InChI is InChI=1S/C26H41NO5/c1-6-31-24(29)18-14-9-8-13-17-21(25(30)32-7-2)27-22(19-23(28)26(3,4)5)20-15-11-10-12-16-20/h10-12,15-16,21-22,27H,6-9,13-14,17-19H2,1-5H3. The molecular weight excluding hydrogens is 406 g/mol. The van der Waals surface area contributed by atoms with Crippen LogP contribution < -0.4 is 5.32 Å². The summed E-state index contributed by atoms with van der Waals surface area (Å²) in [6, 6.07) is 9.02. The van der Waals surface area contributed by atoms with Crippen molar-refractivity contribution in [2.45, 2.75) is 91.6 Å². The SMILES string of the molecule is CCOC(=O)CCCCCCC(NC(CC(=O)C(C)(C)C)c1ccccc1)C(=O)OCC. The summed E-state index contributed by atoms with van der Waals surface area (Å²) < 4.78 is 10.3. The highest BCUT2D eigenvalue weighted by Crippen LogP contribution is 2.25. The lowest BCUT2D eigenvalue weighted by atomic mass is 9.85. The molecule has 0 fully saturated rings. The lowest BCUT2D eigenvalue weighted by Gasteiger charge is -2.27. The molecule has 6 nitrogen and oxygen atoms in total. The van der Waals surface area contributed by atoms with E-state index < -0.39 is 11.5 Å². The van der Waals surface area contributed by atoms with Crippen molar-refractivity contribution in [3.63, 3.8) is 0 Å². The molecule has 0 aromatic heterocycles. The molecule has 0 saturated heterocycles. The number of esters is 2. The minimum absolute atomic E-state index is 0.139. The fourth-order valence-electron chi connectivity index (χ4n) is 3.41. The zero-order chi connectivity index (χ0) is 24.0. The zero-order valence-corrected chi connectivity index (χ0v) is 20.4. The highest BCUT2D eigenvalue weighted by molar-refractivity contribution is 5.84. The predicted octanol–water partition coefficient (Wildman–Crippen LogP) is 5.16. The van der Waals surface area contributed by atoms with Gasteiger partial charge in [0.05, 0.1) is 13.2 Å². The monoisotopic (exact) mass is 447 g/mol. The van der Waals surface area contributed by atoms with E-state index in [9.17, 15) is 14.4 Å². The van der Waals surface area contributed by atoms with Crippen LogP contribution >= 0.6 is 0 Å². The number of benzene rings is 1. The van der Waals surface area contributed by atoms with Crippen LogP contribution in [-0.4, -0.2) is 37.0 Å². The number of rotatable bonds is 15. The molecule has 1 N–H and O–H groups in total. The molecule has 2 atom stereocenters. The van der Waals surface area contributed by atoms with Crippen LogP contribution in [0.5, 0.6) is 0 Å². The fraction of sp³-hybridized carbons (Fsp3) is 0.654. The second-order valence-electron chi connectivity index (χ2n) is 9.07. The Morgan fingerprint density at radius 1 is 0.906 bits per heavy atom. The fourth-order valence-corrected chi connectivity index (χ4v) is 3.41. The van der Waals surface area contributed by atoms with E-state index in [4.69, 9.17) is 9.47 Å². The average molecular weight is 448 g/mol. The van der Waals surface area contributed by atoms with Crippen LogP contribution in [0.1, 0.15) is 91.2 Å². The third-order valence-corrected chi connectivity index (χ3v) is 5.33. The van der Waals surface area contributed by atoms with Crippen LogP contribution in [-0.2, 0) is 23.9 Å². The van der Waals surface area contributed by atoms with Crippen molar-refractivity contribution in [1.29, 1.82) is 0 Å². The summed E-state index contributed by atoms with van der Waals surface area (Å²) in [6.45, 7) is 10.1. The summed E-state index contributed by atoms with van der Waals surface area (Å²) in [6.07, 6.45) is 4.77. The Balaban J connectivity index is 2.76. The third-order valence-electron chi connectivity index (χ3n) is 5.33. The Morgan fingerprint density at radius 2 is 1.53 bits per heavy atom. The number of Topliss-reactive ketones (excluding diaryl/α,β-unsaturated/α-hetero) is 1. The second-order valence-corrected chi connectivity index (χ2v) is 9.07. The molecule has 1 rings (SSSR count). The first-order valence-corrected chi connectivity index (χ1v) is 11.9. The van der Waals surface area contributed by atoms with Gasteiger partial charge in [-0.25, -0.2) is 0 Å². The van der Waals surface area contributed by atoms with E-state index in [1.807, 2.05) is 51.1 Å². The largest absolute Gasteiger partial charge is 0.466 e. The minimum Gasteiger partial charge on any atom is -0.466 e. The Kier molecular flexibility index (Phi) is 12.8. The Labute approximate surface area is 193 Å². The molecule has 0 aliphatic rings. The molecule has 0 aliphatic carbocycles. The van der Waals surface area contributed by atoms with Gasteiger partial charge in [0.25, 0.3) is 0 Å². The van der Waals surface area contributed by atoms with E-state index >= 15 is 0 Å². The number of ketones is 1. The van der Waals surface area contributed by atoms with Crippen LogP contribution in [0.25, 0.3) is 0 Å². The molecule has 1 aromatic carbocycles. The molecule has 0 aliphatic heterocycles. The van der Waals surface area contributed by atoms with Gasteiger partial charge in [0, 0.05) is 24.3 Å². The summed E-state index contributed by atoms with van der Waals surface area (Å²) in [7, 11) is 0. The maximum atomic E-state index is 12.8. The number of unbranched alkanes of at least 4 members (excludes halogenated alkanes) is 3. The molecule has 32 heavy (non-hydrogen) atoms. The summed E-state index contributed by atoms with van der Waals surface area (Å²) in [5, 5.41) is 3.41. The van der Waals surface area contributed by atoms with Crippen molar-refractivity contribution in [1.82, 2.24) is 5.32 Å². The average Bonchev–Trinajstić information content (AvgIpc) is 2.74. The first-order chi connectivity index (χ1) is 15.2. The molecule has 180 valence electrons. The summed E-state index contributed by atoms with van der Waals surface area (Å²) in [5.74, 6) is -0.309. The number of carbonyl (C=O) groups excluding carboxylic acids is 3. The van der Waals surface area contributed by atoms with Gasteiger partial charge in [-0.05, 0) is 32.3 Å². The van der Waals surface area contributed by atoms with Crippen molar-refractivity contribution in [2.24, 2.45) is 5.41 Å². The summed E-state index contributed by atoms with van der Waals surface area (Å²) >= 11 is 0. The summed E-state index contributed by atoms with van der Waals surface area (Å²) in [4.78, 5) is 36.8. The zero-order valence-electron chi connectivity index (χ0n) is 20.4. The van der Waals surface area contributed by atoms with E-state index in [0.717, 1.165) is 31.2 Å². The molecule has 0 radical (unpaired) electrons. The van der Waals surface area contributed by atoms with Crippen LogP contribution in [0.2, 0.25) is 0 Å². The molecule has 0 spiro atoms. The maximum Gasteiger partial charge on any atom is 0.323 e. The van der Waals surface area contributed by atoms with Crippen molar-refractivity contribution < 1.29 is 23.9 Å². The molecular formula is C26H41NO5. The molecule has 0 saturated carbocycles. The second kappa shape index (κ2) is 14.8. The first-order valence-electron chi connectivity index (χ1n) is 11.9. The van der Waals surface area contributed by atoms with E-state index in [1.165, 1.54) is 0 Å². The van der Waals surface area contributed by atoms with Gasteiger partial charge in [-0.2, -0.15) is 0 Å². The summed E-state index contributed by atoms with van der Waals surface area (Å²) in [5.41, 5.74) is 0.529. The topological polar surface area (TPSA) is 81.7 Å². The molecule has 0 bridgehead atoms. The maximum absolute atomic E-state index is 12.8. The Morgan fingerprint density at radius 3 is 2.12 bits per heavy atom. The number of nitrogens with one attached hydrogen (secondary N) is 1. The smallest absolute Gasteiger partial charge is 0.323 e. The van der Waals surface area contributed by atoms with Crippen molar-refractivity contribution in [3.05, 3.63) is 35.9 Å². The molecule has 1 aromatic rings. The van der Waals surface area contributed by atoms with Crippen LogP contribution in [0.15, 0.2) is 30.3 Å².